The Morgan fingerprint density at radius 2 is 2.03 bits per heavy atom. The van der Waals surface area contributed by atoms with Crippen LogP contribution in [0.15, 0.2) is 58.7 Å². The lowest BCUT2D eigenvalue weighted by molar-refractivity contribution is 0.0903. The minimum absolute atomic E-state index is 0.0429. The third kappa shape index (κ3) is 5.21. The minimum atomic E-state index is -0.521. The van der Waals surface area contributed by atoms with E-state index in [1.54, 1.807) is 46.4 Å². The predicted octanol–water partition coefficient (Wildman–Crippen LogP) is 3.83. The number of hydrogen-bond acceptors (Lipinski definition) is 7. The van der Waals surface area contributed by atoms with E-state index < -0.39 is 11.9 Å². The van der Waals surface area contributed by atoms with Crippen LogP contribution in [-0.4, -0.2) is 58.6 Å². The lowest BCUT2D eigenvalue weighted by Gasteiger charge is -2.25. The molecule has 3 aromatic rings. The Morgan fingerprint density at radius 1 is 1.20 bits per heavy atom. The van der Waals surface area contributed by atoms with Gasteiger partial charge in [0.25, 0.3) is 5.56 Å². The third-order valence-corrected chi connectivity index (χ3v) is 6.68. The molecule has 1 unspecified atom stereocenters. The molecule has 1 fully saturated rings. The van der Waals surface area contributed by atoms with E-state index in [0.717, 1.165) is 26.1 Å². The highest BCUT2D eigenvalue weighted by Crippen LogP contribution is 2.30. The molecule has 0 bridgehead atoms. The van der Waals surface area contributed by atoms with Crippen molar-refractivity contribution in [2.75, 3.05) is 32.1 Å². The summed E-state index contributed by atoms with van der Waals surface area (Å²) in [5, 5.41) is 9.53. The third-order valence-electron chi connectivity index (χ3n) is 6.37. The molecule has 0 spiro atoms. The van der Waals surface area contributed by atoms with E-state index in [1.165, 1.54) is 12.1 Å². The average molecular weight is 497 g/mol. The van der Waals surface area contributed by atoms with Crippen molar-refractivity contribution < 1.29 is 9.13 Å². The van der Waals surface area contributed by atoms with Crippen molar-refractivity contribution in [1.82, 2.24) is 19.5 Å². The number of ether oxygens (including phenoxy) is 1. The first-order valence-corrected chi connectivity index (χ1v) is 12.0. The van der Waals surface area contributed by atoms with Gasteiger partial charge in [0.1, 0.15) is 5.82 Å². The Labute approximate surface area is 207 Å². The molecule has 1 aromatic carbocycles. The van der Waals surface area contributed by atoms with Gasteiger partial charge in [-0.05, 0) is 42.7 Å². The lowest BCUT2D eigenvalue weighted by atomic mass is 9.93. The summed E-state index contributed by atoms with van der Waals surface area (Å²) in [6.07, 6.45) is 7.01. The molecule has 1 saturated heterocycles. The molecule has 1 N–H and O–H groups in total. The second-order valence-electron chi connectivity index (χ2n) is 8.84. The van der Waals surface area contributed by atoms with Crippen LogP contribution in [0.2, 0.25) is 5.02 Å². The standard InChI is InChI=1S/C25H26ClFN6O2/c1-32-15-18(14-29-32)24(17-2-3-20(26)21(27)12-17)33-9-5-16(13-23(33)34)22-4-8-28-25(31-22)30-19-6-10-35-11-7-19/h2-5,8-9,12-14,18-19,24H,6-7,10-11,15H2,1H3,(H,28,30,31)/t18?,24-/m0/s1. The van der Waals surface area contributed by atoms with Crippen molar-refractivity contribution in [2.24, 2.45) is 11.0 Å². The number of halogens is 2. The topological polar surface area (TPSA) is 84.6 Å². The zero-order chi connectivity index (χ0) is 24.4. The quantitative estimate of drug-likeness (QED) is 0.558. The second kappa shape index (κ2) is 10.1. The molecule has 2 aromatic heterocycles. The molecule has 4 heterocycles. The molecule has 0 radical (unpaired) electrons. The maximum Gasteiger partial charge on any atom is 0.251 e. The summed E-state index contributed by atoms with van der Waals surface area (Å²) in [5.74, 6) is -0.107. The Balaban J connectivity index is 1.46. The largest absolute Gasteiger partial charge is 0.381 e. The van der Waals surface area contributed by atoms with Crippen LogP contribution in [0.1, 0.15) is 24.4 Å². The number of rotatable bonds is 6. The molecular weight excluding hydrogens is 471 g/mol. The van der Waals surface area contributed by atoms with Crippen molar-refractivity contribution >= 4 is 23.8 Å². The normalized spacial score (nSPS) is 19.2. The first kappa shape index (κ1) is 23.4. The highest BCUT2D eigenvalue weighted by atomic mass is 35.5. The fourth-order valence-corrected chi connectivity index (χ4v) is 4.70. The van der Waals surface area contributed by atoms with Crippen molar-refractivity contribution in [1.29, 1.82) is 0 Å². The highest BCUT2D eigenvalue weighted by molar-refractivity contribution is 6.30. The van der Waals surface area contributed by atoms with Gasteiger partial charge in [-0.15, -0.1) is 0 Å². The van der Waals surface area contributed by atoms with Gasteiger partial charge in [0.05, 0.1) is 16.8 Å². The summed E-state index contributed by atoms with van der Waals surface area (Å²) < 4.78 is 21.3. The molecule has 10 heteroatoms. The number of nitrogens with one attached hydrogen (secondary N) is 1. The zero-order valence-electron chi connectivity index (χ0n) is 19.3. The second-order valence-corrected chi connectivity index (χ2v) is 9.25. The summed E-state index contributed by atoms with van der Waals surface area (Å²) in [7, 11) is 1.86. The SMILES string of the molecule is CN1CC([C@H](c2ccc(Cl)c(F)c2)n2ccc(-c3ccnc(NC4CCOCC4)n3)cc2=O)C=N1. The van der Waals surface area contributed by atoms with Crippen LogP contribution in [0.3, 0.4) is 0 Å². The monoisotopic (exact) mass is 496 g/mol. The molecule has 5 rings (SSSR count). The fraction of sp³-hybridized carbons (Fsp3) is 0.360. The van der Waals surface area contributed by atoms with Gasteiger partial charge in [-0.1, -0.05) is 17.7 Å². The van der Waals surface area contributed by atoms with Gasteiger partial charge >= 0.3 is 0 Å². The molecule has 8 nitrogen and oxygen atoms in total. The van der Waals surface area contributed by atoms with Crippen LogP contribution >= 0.6 is 11.6 Å². The average Bonchev–Trinajstić information content (AvgIpc) is 3.29. The number of hydrazone groups is 1. The Kier molecular flexibility index (Phi) is 6.79. The van der Waals surface area contributed by atoms with Gasteiger partial charge in [-0.3, -0.25) is 9.80 Å². The molecule has 0 saturated carbocycles. The maximum atomic E-state index is 14.3. The van der Waals surface area contributed by atoms with Crippen LogP contribution < -0.4 is 10.9 Å². The van der Waals surface area contributed by atoms with Crippen molar-refractivity contribution in [3.05, 3.63) is 75.5 Å². The van der Waals surface area contributed by atoms with Crippen LogP contribution in [0, 0.1) is 11.7 Å². The Morgan fingerprint density at radius 3 is 2.74 bits per heavy atom. The predicted molar refractivity (Wildman–Crippen MR) is 133 cm³/mol. The number of nitrogens with zero attached hydrogens (tertiary/aromatic N) is 5. The van der Waals surface area contributed by atoms with E-state index >= 15 is 0 Å². The van der Waals surface area contributed by atoms with Gasteiger partial charge < -0.3 is 14.6 Å². The number of benzene rings is 1. The summed E-state index contributed by atoms with van der Waals surface area (Å²) in [4.78, 5) is 22.3. The van der Waals surface area contributed by atoms with Crippen LogP contribution in [0.25, 0.3) is 11.3 Å². The molecule has 2 atom stereocenters. The van der Waals surface area contributed by atoms with Crippen molar-refractivity contribution in [3.8, 4) is 11.3 Å². The van der Waals surface area contributed by atoms with Crippen LogP contribution in [0.5, 0.6) is 0 Å². The van der Waals surface area contributed by atoms with Gasteiger partial charge in [0, 0.05) is 69.0 Å². The number of pyridine rings is 1. The van der Waals surface area contributed by atoms with E-state index in [2.05, 4.69) is 20.4 Å². The van der Waals surface area contributed by atoms with Crippen molar-refractivity contribution in [3.63, 3.8) is 0 Å². The molecular formula is C25H26ClFN6O2. The van der Waals surface area contributed by atoms with Crippen molar-refractivity contribution in [2.45, 2.75) is 24.9 Å². The van der Waals surface area contributed by atoms with E-state index in [0.29, 0.717) is 29.3 Å². The van der Waals surface area contributed by atoms with Gasteiger partial charge in [0.15, 0.2) is 0 Å². The summed E-state index contributed by atoms with van der Waals surface area (Å²) in [6, 6.07) is 9.65. The lowest BCUT2D eigenvalue weighted by Crippen LogP contribution is -2.32. The zero-order valence-corrected chi connectivity index (χ0v) is 20.0. The smallest absolute Gasteiger partial charge is 0.251 e. The molecule has 35 heavy (non-hydrogen) atoms. The molecule has 0 amide bonds. The number of hydrogen-bond donors (Lipinski definition) is 1. The number of anilines is 1. The fourth-order valence-electron chi connectivity index (χ4n) is 4.58. The first-order valence-electron chi connectivity index (χ1n) is 11.6. The van der Waals surface area contributed by atoms with Gasteiger partial charge in [-0.2, -0.15) is 5.10 Å². The van der Waals surface area contributed by atoms with E-state index in [4.69, 9.17) is 16.3 Å². The Bertz CT molecular complexity index is 1290. The van der Waals surface area contributed by atoms with Crippen LogP contribution in [0.4, 0.5) is 10.3 Å². The van der Waals surface area contributed by atoms with E-state index in [9.17, 15) is 9.18 Å². The van der Waals surface area contributed by atoms with Gasteiger partial charge in [-0.25, -0.2) is 14.4 Å². The highest BCUT2D eigenvalue weighted by Gasteiger charge is 2.29. The van der Waals surface area contributed by atoms with E-state index in [1.807, 2.05) is 13.1 Å². The Hall–Kier alpha value is -3.30. The van der Waals surface area contributed by atoms with Crippen LogP contribution in [-0.2, 0) is 4.74 Å². The molecule has 2 aliphatic rings. The molecule has 0 aliphatic carbocycles. The summed E-state index contributed by atoms with van der Waals surface area (Å²) >= 11 is 5.91. The minimum Gasteiger partial charge on any atom is -0.381 e. The first-order chi connectivity index (χ1) is 17.0. The maximum absolute atomic E-state index is 14.3. The number of aromatic nitrogens is 3. The van der Waals surface area contributed by atoms with Gasteiger partial charge in [0.2, 0.25) is 5.95 Å². The molecule has 2 aliphatic heterocycles. The van der Waals surface area contributed by atoms with E-state index in [-0.39, 0.29) is 22.5 Å². The summed E-state index contributed by atoms with van der Waals surface area (Å²) in [5.41, 5.74) is 1.76. The summed E-state index contributed by atoms with van der Waals surface area (Å²) in [6.45, 7) is 2.04. The molecule has 182 valence electrons.